The van der Waals surface area contributed by atoms with Gasteiger partial charge in [-0.15, -0.1) is 11.3 Å². The van der Waals surface area contributed by atoms with E-state index in [1.165, 1.54) is 0 Å². The fraction of sp³-hybridized carbons (Fsp3) is 0.250. The minimum atomic E-state index is -1.19. The Hall–Kier alpha value is -2.09. The molecule has 0 saturated heterocycles. The molecule has 2 aromatic carbocycles. The molecule has 0 bridgehead atoms. The van der Waals surface area contributed by atoms with Crippen molar-refractivity contribution in [3.05, 3.63) is 65.0 Å². The van der Waals surface area contributed by atoms with Crippen molar-refractivity contribution in [3.63, 3.8) is 0 Å². The van der Waals surface area contributed by atoms with Crippen LogP contribution in [0.1, 0.15) is 18.1 Å². The van der Waals surface area contributed by atoms with Crippen LogP contribution in [0.2, 0.25) is 0 Å². The molecular formula is C20H22N2O3S. The van der Waals surface area contributed by atoms with Crippen molar-refractivity contribution < 1.29 is 15.3 Å². The van der Waals surface area contributed by atoms with Crippen LogP contribution in [0.15, 0.2) is 59.4 Å². The van der Waals surface area contributed by atoms with Crippen LogP contribution in [0, 0.1) is 0 Å². The number of benzene rings is 2. The Kier molecular flexibility index (Phi) is 5.80. The standard InChI is InChI=1S/C20H22N2O3S/c21-20(11-23,12-24)9-19(25)17-7-3-15(4-8-17)14-1-5-16(6-2-14)18-10-26-13-22-18/h1-8,10,13,19,23-25H,9,11-12,21H2. The van der Waals surface area contributed by atoms with Gasteiger partial charge in [-0.25, -0.2) is 4.98 Å². The molecule has 1 atom stereocenters. The second kappa shape index (κ2) is 8.07. The predicted octanol–water partition coefficient (Wildman–Crippen LogP) is 2.58. The Labute approximate surface area is 156 Å². The molecule has 0 amide bonds. The van der Waals surface area contributed by atoms with Crippen molar-refractivity contribution in [2.24, 2.45) is 5.73 Å². The van der Waals surface area contributed by atoms with E-state index in [-0.39, 0.29) is 19.6 Å². The summed E-state index contributed by atoms with van der Waals surface area (Å²) in [6.07, 6.45) is -0.762. The number of thiazole rings is 1. The van der Waals surface area contributed by atoms with Crippen LogP contribution >= 0.6 is 11.3 Å². The van der Waals surface area contributed by atoms with E-state index in [0.29, 0.717) is 5.56 Å². The van der Waals surface area contributed by atoms with Crippen molar-refractivity contribution in [3.8, 4) is 22.4 Å². The SMILES string of the molecule is NC(CO)(CO)CC(O)c1ccc(-c2ccc(-c3cscn3)cc2)cc1. The summed E-state index contributed by atoms with van der Waals surface area (Å²) >= 11 is 1.57. The fourth-order valence-corrected chi connectivity index (χ4v) is 3.33. The molecule has 0 aliphatic carbocycles. The molecule has 136 valence electrons. The molecule has 6 heteroatoms. The average Bonchev–Trinajstić information content (AvgIpc) is 3.23. The number of aromatic nitrogens is 1. The van der Waals surface area contributed by atoms with Crippen molar-refractivity contribution in [1.29, 1.82) is 0 Å². The average molecular weight is 370 g/mol. The number of nitrogens with zero attached hydrogens (tertiary/aromatic N) is 1. The van der Waals surface area contributed by atoms with Crippen molar-refractivity contribution in [2.75, 3.05) is 13.2 Å². The molecule has 1 aromatic heterocycles. The Balaban J connectivity index is 1.73. The highest BCUT2D eigenvalue weighted by molar-refractivity contribution is 7.07. The van der Waals surface area contributed by atoms with Gasteiger partial charge in [0, 0.05) is 10.9 Å². The molecule has 1 heterocycles. The van der Waals surface area contributed by atoms with Crippen LogP contribution in [-0.4, -0.2) is 39.1 Å². The maximum atomic E-state index is 10.3. The van der Waals surface area contributed by atoms with Gasteiger partial charge in [0.2, 0.25) is 0 Å². The molecule has 0 saturated carbocycles. The summed E-state index contributed by atoms with van der Waals surface area (Å²) in [5, 5.41) is 30.9. The zero-order valence-electron chi connectivity index (χ0n) is 14.2. The summed E-state index contributed by atoms with van der Waals surface area (Å²) in [5.74, 6) is 0. The second-order valence-corrected chi connectivity index (χ2v) is 7.19. The summed E-state index contributed by atoms with van der Waals surface area (Å²) in [6.45, 7) is -0.770. The molecule has 5 nitrogen and oxygen atoms in total. The fourth-order valence-electron chi connectivity index (χ4n) is 2.77. The van der Waals surface area contributed by atoms with Crippen LogP contribution in [0.5, 0.6) is 0 Å². The van der Waals surface area contributed by atoms with Gasteiger partial charge >= 0.3 is 0 Å². The quantitative estimate of drug-likeness (QED) is 0.512. The third-order valence-electron chi connectivity index (χ3n) is 4.47. The van der Waals surface area contributed by atoms with Gasteiger partial charge in [-0.05, 0) is 23.1 Å². The lowest BCUT2D eigenvalue weighted by Gasteiger charge is -2.27. The summed E-state index contributed by atoms with van der Waals surface area (Å²) in [4.78, 5) is 4.31. The highest BCUT2D eigenvalue weighted by Gasteiger charge is 2.27. The van der Waals surface area contributed by atoms with Crippen molar-refractivity contribution >= 4 is 11.3 Å². The van der Waals surface area contributed by atoms with E-state index in [4.69, 9.17) is 5.73 Å². The van der Waals surface area contributed by atoms with Gasteiger partial charge in [-0.2, -0.15) is 0 Å². The monoisotopic (exact) mass is 370 g/mol. The maximum absolute atomic E-state index is 10.3. The van der Waals surface area contributed by atoms with Gasteiger partial charge in [0.15, 0.2) is 0 Å². The molecule has 0 fully saturated rings. The number of aliphatic hydroxyl groups is 3. The van der Waals surface area contributed by atoms with Crippen LogP contribution < -0.4 is 5.73 Å². The third-order valence-corrected chi connectivity index (χ3v) is 5.06. The summed E-state index contributed by atoms with van der Waals surface area (Å²) < 4.78 is 0. The van der Waals surface area contributed by atoms with E-state index in [2.05, 4.69) is 4.98 Å². The molecule has 5 N–H and O–H groups in total. The van der Waals surface area contributed by atoms with Crippen LogP contribution in [0.25, 0.3) is 22.4 Å². The molecular weight excluding hydrogens is 348 g/mol. The van der Waals surface area contributed by atoms with Gasteiger partial charge in [0.05, 0.1) is 36.1 Å². The van der Waals surface area contributed by atoms with E-state index in [1.54, 1.807) is 11.3 Å². The number of aliphatic hydroxyl groups excluding tert-OH is 3. The van der Waals surface area contributed by atoms with Crippen LogP contribution in [0.3, 0.4) is 0 Å². The Bertz CT molecular complexity index is 813. The highest BCUT2D eigenvalue weighted by atomic mass is 32.1. The van der Waals surface area contributed by atoms with E-state index in [0.717, 1.165) is 22.4 Å². The van der Waals surface area contributed by atoms with Crippen LogP contribution in [0.4, 0.5) is 0 Å². The van der Waals surface area contributed by atoms with E-state index in [9.17, 15) is 15.3 Å². The first-order valence-corrected chi connectivity index (χ1v) is 9.26. The third kappa shape index (κ3) is 4.17. The van der Waals surface area contributed by atoms with Crippen molar-refractivity contribution in [2.45, 2.75) is 18.1 Å². The Morgan fingerprint density at radius 2 is 1.46 bits per heavy atom. The molecule has 1 unspecified atom stereocenters. The predicted molar refractivity (Wildman–Crippen MR) is 104 cm³/mol. The molecule has 0 aliphatic heterocycles. The zero-order valence-corrected chi connectivity index (χ0v) is 15.1. The van der Waals surface area contributed by atoms with Crippen LogP contribution in [-0.2, 0) is 0 Å². The second-order valence-electron chi connectivity index (χ2n) is 6.47. The number of hydrogen-bond acceptors (Lipinski definition) is 6. The lowest BCUT2D eigenvalue weighted by Crippen LogP contribution is -2.48. The number of rotatable bonds is 7. The maximum Gasteiger partial charge on any atom is 0.0811 e. The topological polar surface area (TPSA) is 99.6 Å². The lowest BCUT2D eigenvalue weighted by atomic mass is 9.91. The molecule has 3 rings (SSSR count). The van der Waals surface area contributed by atoms with Gasteiger partial charge in [-0.3, -0.25) is 0 Å². The molecule has 26 heavy (non-hydrogen) atoms. The number of hydrogen-bond donors (Lipinski definition) is 4. The smallest absolute Gasteiger partial charge is 0.0811 e. The molecule has 0 aliphatic rings. The van der Waals surface area contributed by atoms with E-state index < -0.39 is 11.6 Å². The van der Waals surface area contributed by atoms with Crippen molar-refractivity contribution in [1.82, 2.24) is 4.98 Å². The Morgan fingerprint density at radius 1 is 0.923 bits per heavy atom. The molecule has 0 radical (unpaired) electrons. The first-order chi connectivity index (χ1) is 12.5. The molecule has 0 spiro atoms. The van der Waals surface area contributed by atoms with Gasteiger partial charge < -0.3 is 21.1 Å². The molecule has 3 aromatic rings. The minimum Gasteiger partial charge on any atom is -0.394 e. The summed E-state index contributed by atoms with van der Waals surface area (Å²) in [6, 6.07) is 15.7. The number of nitrogens with two attached hydrogens (primary N) is 1. The van der Waals surface area contributed by atoms with Gasteiger partial charge in [0.25, 0.3) is 0 Å². The summed E-state index contributed by atoms with van der Waals surface area (Å²) in [7, 11) is 0. The highest BCUT2D eigenvalue weighted by Crippen LogP contribution is 2.27. The minimum absolute atomic E-state index is 0.0850. The normalized spacial score (nSPS) is 12.9. The first kappa shape index (κ1) is 18.7. The Morgan fingerprint density at radius 3 is 1.96 bits per heavy atom. The van der Waals surface area contributed by atoms with E-state index in [1.807, 2.05) is 59.4 Å². The van der Waals surface area contributed by atoms with E-state index >= 15 is 0 Å². The zero-order chi connectivity index (χ0) is 18.6. The summed E-state index contributed by atoms with van der Waals surface area (Å²) in [5.41, 5.74) is 11.3. The van der Waals surface area contributed by atoms with Gasteiger partial charge in [0.1, 0.15) is 0 Å². The lowest BCUT2D eigenvalue weighted by molar-refractivity contribution is 0.0618. The van der Waals surface area contributed by atoms with Gasteiger partial charge in [-0.1, -0.05) is 48.5 Å². The first-order valence-electron chi connectivity index (χ1n) is 8.32. The largest absolute Gasteiger partial charge is 0.394 e.